The fourth-order valence-electron chi connectivity index (χ4n) is 3.11. The lowest BCUT2D eigenvalue weighted by Gasteiger charge is -2.31. The summed E-state index contributed by atoms with van der Waals surface area (Å²) in [6.07, 6.45) is 1.29. The molecule has 1 fully saturated rings. The Labute approximate surface area is 161 Å². The first-order chi connectivity index (χ1) is 12.6. The Bertz CT molecular complexity index is 784. The lowest BCUT2D eigenvalue weighted by molar-refractivity contribution is -0.121. The molecule has 136 valence electrons. The number of halogens is 1. The Balaban J connectivity index is 1.55. The molecule has 26 heavy (non-hydrogen) atoms. The van der Waals surface area contributed by atoms with Crippen LogP contribution in [-0.2, 0) is 11.4 Å². The summed E-state index contributed by atoms with van der Waals surface area (Å²) in [5.41, 5.74) is 2.12. The summed E-state index contributed by atoms with van der Waals surface area (Å²) in [5.74, 6) is -0.135. The maximum absolute atomic E-state index is 12.5. The number of carbonyl (C=O) groups excluding carboxylic acids is 2. The monoisotopic (exact) mass is 416 g/mol. The Morgan fingerprint density at radius 1 is 1.12 bits per heavy atom. The highest BCUT2D eigenvalue weighted by Gasteiger charge is 2.27. The Hall–Kier alpha value is -2.18. The molecule has 1 heterocycles. The second-order valence-electron chi connectivity index (χ2n) is 6.42. The van der Waals surface area contributed by atoms with Gasteiger partial charge >= 0.3 is 0 Å². The van der Waals surface area contributed by atoms with Crippen LogP contribution in [0.4, 0.5) is 5.69 Å². The number of hydrogen-bond acceptors (Lipinski definition) is 3. The molecule has 6 heteroatoms. The molecule has 0 atom stereocenters. The van der Waals surface area contributed by atoms with Crippen molar-refractivity contribution in [1.82, 2.24) is 4.90 Å². The van der Waals surface area contributed by atoms with E-state index in [2.05, 4.69) is 21.2 Å². The van der Waals surface area contributed by atoms with Gasteiger partial charge in [-0.15, -0.1) is 0 Å². The third kappa shape index (κ3) is 4.51. The fraction of sp³-hybridized carbons (Fsp3) is 0.300. The van der Waals surface area contributed by atoms with Gasteiger partial charge in [-0.25, -0.2) is 0 Å². The average molecular weight is 417 g/mol. The number of rotatable bonds is 4. The van der Waals surface area contributed by atoms with Gasteiger partial charge in [0.1, 0.15) is 0 Å². The third-order valence-corrected chi connectivity index (χ3v) is 5.15. The van der Waals surface area contributed by atoms with E-state index < -0.39 is 0 Å². The topological polar surface area (TPSA) is 69.6 Å². The van der Waals surface area contributed by atoms with Gasteiger partial charge in [0.2, 0.25) is 5.91 Å². The highest BCUT2D eigenvalue weighted by molar-refractivity contribution is 9.10. The van der Waals surface area contributed by atoms with Gasteiger partial charge in [0.05, 0.1) is 6.61 Å². The van der Waals surface area contributed by atoms with Crippen molar-refractivity contribution >= 4 is 33.4 Å². The molecule has 2 amide bonds. The van der Waals surface area contributed by atoms with Crippen LogP contribution in [-0.4, -0.2) is 34.9 Å². The molecule has 1 aliphatic heterocycles. The second kappa shape index (κ2) is 8.47. The van der Waals surface area contributed by atoms with Crippen LogP contribution in [0.5, 0.6) is 0 Å². The van der Waals surface area contributed by atoms with Crippen LogP contribution >= 0.6 is 15.9 Å². The molecule has 2 aromatic rings. The van der Waals surface area contributed by atoms with Crippen LogP contribution < -0.4 is 5.32 Å². The van der Waals surface area contributed by atoms with E-state index in [9.17, 15) is 14.7 Å². The molecule has 1 saturated heterocycles. The maximum Gasteiger partial charge on any atom is 0.253 e. The van der Waals surface area contributed by atoms with E-state index in [0.29, 0.717) is 37.2 Å². The molecule has 0 bridgehead atoms. The number of amides is 2. The van der Waals surface area contributed by atoms with E-state index in [1.165, 1.54) is 0 Å². The van der Waals surface area contributed by atoms with Crippen molar-refractivity contribution in [3.8, 4) is 0 Å². The highest BCUT2D eigenvalue weighted by Crippen LogP contribution is 2.22. The molecule has 0 spiro atoms. The molecular formula is C20H21BrN2O3. The van der Waals surface area contributed by atoms with E-state index in [-0.39, 0.29) is 24.3 Å². The zero-order chi connectivity index (χ0) is 18.5. The SMILES string of the molecule is O=C(Nc1cccc(CO)c1)C1CCN(C(=O)c2ccc(Br)cc2)CC1. The van der Waals surface area contributed by atoms with Crippen molar-refractivity contribution in [2.75, 3.05) is 18.4 Å². The standard InChI is InChI=1S/C20H21BrN2O3/c21-17-6-4-16(5-7-17)20(26)23-10-8-15(9-11-23)19(25)22-18-3-1-2-14(12-18)13-24/h1-7,12,15,24H,8-11,13H2,(H,22,25). The molecular weight excluding hydrogens is 396 g/mol. The largest absolute Gasteiger partial charge is 0.392 e. The number of nitrogens with zero attached hydrogens (tertiary/aromatic N) is 1. The molecule has 0 saturated carbocycles. The lowest BCUT2D eigenvalue weighted by atomic mass is 9.95. The Morgan fingerprint density at radius 3 is 2.46 bits per heavy atom. The number of piperidine rings is 1. The van der Waals surface area contributed by atoms with Crippen LogP contribution in [0.3, 0.4) is 0 Å². The average Bonchev–Trinajstić information content (AvgIpc) is 2.68. The van der Waals surface area contributed by atoms with Crippen molar-refractivity contribution < 1.29 is 14.7 Å². The van der Waals surface area contributed by atoms with E-state index in [0.717, 1.165) is 10.0 Å². The van der Waals surface area contributed by atoms with E-state index in [1.54, 1.807) is 29.2 Å². The number of nitrogens with one attached hydrogen (secondary N) is 1. The van der Waals surface area contributed by atoms with E-state index >= 15 is 0 Å². The number of aliphatic hydroxyl groups is 1. The van der Waals surface area contributed by atoms with Gasteiger partial charge in [-0.2, -0.15) is 0 Å². The summed E-state index contributed by atoms with van der Waals surface area (Å²) in [4.78, 5) is 26.8. The maximum atomic E-state index is 12.5. The summed E-state index contributed by atoms with van der Waals surface area (Å²) < 4.78 is 0.940. The first kappa shape index (κ1) is 18.6. The third-order valence-electron chi connectivity index (χ3n) is 4.62. The predicted molar refractivity (Wildman–Crippen MR) is 104 cm³/mol. The zero-order valence-corrected chi connectivity index (χ0v) is 15.9. The highest BCUT2D eigenvalue weighted by atomic mass is 79.9. The first-order valence-corrected chi connectivity index (χ1v) is 9.41. The number of carbonyl (C=O) groups is 2. The number of likely N-dealkylation sites (tertiary alicyclic amines) is 1. The predicted octanol–water partition coefficient (Wildman–Crippen LogP) is 3.43. The number of aliphatic hydroxyl groups excluding tert-OH is 1. The van der Waals surface area contributed by atoms with Gasteiger partial charge in [-0.3, -0.25) is 9.59 Å². The van der Waals surface area contributed by atoms with Crippen molar-refractivity contribution in [1.29, 1.82) is 0 Å². The van der Waals surface area contributed by atoms with Gasteiger partial charge in [0, 0.05) is 34.7 Å². The molecule has 0 aromatic heterocycles. The van der Waals surface area contributed by atoms with Crippen molar-refractivity contribution in [2.24, 2.45) is 5.92 Å². The minimum atomic E-state index is -0.109. The number of anilines is 1. The Morgan fingerprint density at radius 2 is 1.81 bits per heavy atom. The first-order valence-electron chi connectivity index (χ1n) is 8.62. The lowest BCUT2D eigenvalue weighted by Crippen LogP contribution is -2.41. The van der Waals surface area contributed by atoms with Gasteiger partial charge in [-0.05, 0) is 54.8 Å². The second-order valence-corrected chi connectivity index (χ2v) is 7.34. The minimum Gasteiger partial charge on any atom is -0.392 e. The number of hydrogen-bond donors (Lipinski definition) is 2. The summed E-state index contributed by atoms with van der Waals surface area (Å²) >= 11 is 3.37. The van der Waals surface area contributed by atoms with Gasteiger partial charge in [0.15, 0.2) is 0 Å². The van der Waals surface area contributed by atoms with Crippen molar-refractivity contribution in [3.05, 3.63) is 64.1 Å². The molecule has 5 nitrogen and oxygen atoms in total. The quantitative estimate of drug-likeness (QED) is 0.801. The summed E-state index contributed by atoms with van der Waals surface area (Å²) in [6, 6.07) is 14.5. The summed E-state index contributed by atoms with van der Waals surface area (Å²) in [6.45, 7) is 1.09. The smallest absolute Gasteiger partial charge is 0.253 e. The van der Waals surface area contributed by atoms with Crippen LogP contribution in [0.15, 0.2) is 53.0 Å². The van der Waals surface area contributed by atoms with Crippen LogP contribution in [0.1, 0.15) is 28.8 Å². The minimum absolute atomic E-state index is 0.00649. The fourth-order valence-corrected chi connectivity index (χ4v) is 3.38. The van der Waals surface area contributed by atoms with E-state index in [4.69, 9.17) is 0 Å². The molecule has 2 aromatic carbocycles. The van der Waals surface area contributed by atoms with Crippen molar-refractivity contribution in [3.63, 3.8) is 0 Å². The van der Waals surface area contributed by atoms with Gasteiger partial charge in [0.25, 0.3) is 5.91 Å². The van der Waals surface area contributed by atoms with E-state index in [1.807, 2.05) is 24.3 Å². The normalized spacial score (nSPS) is 14.9. The molecule has 0 radical (unpaired) electrons. The van der Waals surface area contributed by atoms with Crippen molar-refractivity contribution in [2.45, 2.75) is 19.4 Å². The van der Waals surface area contributed by atoms with Gasteiger partial charge in [-0.1, -0.05) is 28.1 Å². The zero-order valence-electron chi connectivity index (χ0n) is 14.3. The van der Waals surface area contributed by atoms with Crippen LogP contribution in [0.25, 0.3) is 0 Å². The van der Waals surface area contributed by atoms with Gasteiger partial charge < -0.3 is 15.3 Å². The summed E-state index contributed by atoms with van der Waals surface area (Å²) in [7, 11) is 0. The van der Waals surface area contributed by atoms with Crippen LogP contribution in [0.2, 0.25) is 0 Å². The number of benzene rings is 2. The molecule has 2 N–H and O–H groups in total. The molecule has 1 aliphatic rings. The molecule has 3 rings (SSSR count). The van der Waals surface area contributed by atoms with Crippen LogP contribution in [0, 0.1) is 5.92 Å². The molecule has 0 unspecified atom stereocenters. The molecule has 0 aliphatic carbocycles. The Kier molecular flexibility index (Phi) is 6.06. The summed E-state index contributed by atoms with van der Waals surface area (Å²) in [5, 5.41) is 12.1.